The Labute approximate surface area is 58.6 Å². The van der Waals surface area contributed by atoms with Gasteiger partial charge in [0.05, 0.1) is 0 Å². The van der Waals surface area contributed by atoms with Crippen LogP contribution in [0.5, 0.6) is 0 Å². The van der Waals surface area contributed by atoms with E-state index in [9.17, 15) is 0 Å². The van der Waals surface area contributed by atoms with Crippen molar-refractivity contribution in [3.8, 4) is 0 Å². The molecular formula is C6H8ClNO. The molecule has 0 aromatic carbocycles. The molecule has 0 saturated carbocycles. The Bertz CT molecular complexity index is 172. The van der Waals surface area contributed by atoms with E-state index in [1.54, 1.807) is 12.2 Å². The summed E-state index contributed by atoms with van der Waals surface area (Å²) in [6, 6.07) is 0. The first-order valence-corrected chi connectivity index (χ1v) is 3.04. The summed E-state index contributed by atoms with van der Waals surface area (Å²) in [5.74, 6) is 0. The van der Waals surface area contributed by atoms with Crippen LogP contribution in [0.2, 0.25) is 0 Å². The van der Waals surface area contributed by atoms with Gasteiger partial charge >= 0.3 is 0 Å². The van der Waals surface area contributed by atoms with E-state index in [1.807, 2.05) is 0 Å². The van der Waals surface area contributed by atoms with Crippen molar-refractivity contribution in [3.63, 3.8) is 0 Å². The van der Waals surface area contributed by atoms with Gasteiger partial charge in [0.15, 0.2) is 5.06 Å². The molecule has 1 aliphatic carbocycles. The molecule has 3 N–H and O–H groups in total. The smallest absolute Gasteiger partial charge is 0.163 e. The number of alkyl halides is 1. The quantitative estimate of drug-likeness (QED) is 0.494. The molecule has 50 valence electrons. The van der Waals surface area contributed by atoms with Crippen LogP contribution in [0.25, 0.3) is 0 Å². The molecule has 0 fully saturated rings. The predicted octanol–water partition coefficient (Wildman–Crippen LogP) is 0.716. The molecular weight excluding hydrogens is 138 g/mol. The van der Waals surface area contributed by atoms with E-state index in [0.29, 0.717) is 12.1 Å². The van der Waals surface area contributed by atoms with Crippen LogP contribution < -0.4 is 5.73 Å². The van der Waals surface area contributed by atoms with Crippen LogP contribution in [-0.2, 0) is 0 Å². The van der Waals surface area contributed by atoms with Gasteiger partial charge in [-0.1, -0.05) is 17.7 Å². The number of aliphatic hydroxyl groups is 1. The molecule has 3 heteroatoms. The minimum absolute atomic E-state index is 0.426. The largest absolute Gasteiger partial charge is 0.399 e. The molecule has 1 unspecified atom stereocenters. The van der Waals surface area contributed by atoms with Gasteiger partial charge in [0.1, 0.15) is 0 Å². The number of halogens is 1. The van der Waals surface area contributed by atoms with Gasteiger partial charge in [-0.05, 0) is 12.2 Å². The van der Waals surface area contributed by atoms with Crippen LogP contribution in [0.4, 0.5) is 0 Å². The minimum atomic E-state index is -1.25. The maximum Gasteiger partial charge on any atom is 0.163 e. The molecule has 0 radical (unpaired) electrons. The van der Waals surface area contributed by atoms with Crippen molar-refractivity contribution >= 4 is 11.6 Å². The molecule has 0 aromatic rings. The Morgan fingerprint density at radius 1 is 1.78 bits per heavy atom. The first-order chi connectivity index (χ1) is 4.10. The molecule has 0 aliphatic heterocycles. The summed E-state index contributed by atoms with van der Waals surface area (Å²) >= 11 is 5.51. The number of hydrogen-bond acceptors (Lipinski definition) is 2. The summed E-state index contributed by atoms with van der Waals surface area (Å²) in [6.45, 7) is 0. The Morgan fingerprint density at radius 3 is 2.78 bits per heavy atom. The van der Waals surface area contributed by atoms with Crippen LogP contribution in [0.15, 0.2) is 23.9 Å². The highest BCUT2D eigenvalue weighted by molar-refractivity contribution is 6.24. The van der Waals surface area contributed by atoms with Gasteiger partial charge in [-0.15, -0.1) is 0 Å². The van der Waals surface area contributed by atoms with Gasteiger partial charge in [-0.25, -0.2) is 0 Å². The second-order valence-electron chi connectivity index (χ2n) is 2.07. The summed E-state index contributed by atoms with van der Waals surface area (Å²) < 4.78 is 0. The molecule has 9 heavy (non-hydrogen) atoms. The molecule has 0 saturated heterocycles. The predicted molar refractivity (Wildman–Crippen MR) is 36.8 cm³/mol. The first-order valence-electron chi connectivity index (χ1n) is 2.66. The average Bonchev–Trinajstić information content (AvgIpc) is 1.60. The van der Waals surface area contributed by atoms with Crippen LogP contribution in [0.3, 0.4) is 0 Å². The SMILES string of the molecule is NC1=CC(O)(Cl)CC=C1. The number of allylic oxidation sites excluding steroid dienone is 1. The molecule has 1 rings (SSSR count). The normalized spacial score (nSPS) is 34.2. The zero-order valence-electron chi connectivity index (χ0n) is 4.84. The van der Waals surface area contributed by atoms with E-state index in [4.69, 9.17) is 22.4 Å². The summed E-state index contributed by atoms with van der Waals surface area (Å²) in [5.41, 5.74) is 5.85. The Hall–Kier alpha value is -0.470. The molecule has 0 bridgehead atoms. The highest BCUT2D eigenvalue weighted by Crippen LogP contribution is 2.22. The number of hydrogen-bond donors (Lipinski definition) is 2. The maximum atomic E-state index is 9.10. The van der Waals surface area contributed by atoms with Gasteiger partial charge in [0.2, 0.25) is 0 Å². The molecule has 2 nitrogen and oxygen atoms in total. The van der Waals surface area contributed by atoms with Gasteiger partial charge in [0.25, 0.3) is 0 Å². The molecule has 1 aliphatic rings. The van der Waals surface area contributed by atoms with Gasteiger partial charge in [-0.2, -0.15) is 0 Å². The van der Waals surface area contributed by atoms with Crippen molar-refractivity contribution in [2.75, 3.05) is 0 Å². The van der Waals surface area contributed by atoms with Crippen LogP contribution in [-0.4, -0.2) is 10.2 Å². The van der Waals surface area contributed by atoms with E-state index in [2.05, 4.69) is 0 Å². The fraction of sp³-hybridized carbons (Fsp3) is 0.333. The van der Waals surface area contributed by atoms with Crippen molar-refractivity contribution in [2.24, 2.45) is 5.73 Å². The number of rotatable bonds is 0. The summed E-state index contributed by atoms with van der Waals surface area (Å²) in [6.07, 6.45) is 5.31. The fourth-order valence-electron chi connectivity index (χ4n) is 0.723. The zero-order chi connectivity index (χ0) is 6.91. The lowest BCUT2D eigenvalue weighted by Gasteiger charge is -2.17. The lowest BCUT2D eigenvalue weighted by molar-refractivity contribution is 0.180. The lowest BCUT2D eigenvalue weighted by Crippen LogP contribution is -2.20. The lowest BCUT2D eigenvalue weighted by atomic mass is 10.1. The van der Waals surface area contributed by atoms with E-state index < -0.39 is 5.06 Å². The third kappa shape index (κ3) is 1.73. The van der Waals surface area contributed by atoms with E-state index in [-0.39, 0.29) is 0 Å². The van der Waals surface area contributed by atoms with Crippen molar-refractivity contribution in [1.82, 2.24) is 0 Å². The monoisotopic (exact) mass is 145 g/mol. The van der Waals surface area contributed by atoms with Crippen molar-refractivity contribution in [1.29, 1.82) is 0 Å². The maximum absolute atomic E-state index is 9.10. The summed E-state index contributed by atoms with van der Waals surface area (Å²) in [5, 5.41) is 7.85. The average molecular weight is 146 g/mol. The Balaban J connectivity index is 2.78. The Kier molecular flexibility index (Phi) is 1.51. The van der Waals surface area contributed by atoms with Crippen molar-refractivity contribution < 1.29 is 5.11 Å². The van der Waals surface area contributed by atoms with E-state index in [1.165, 1.54) is 6.08 Å². The van der Waals surface area contributed by atoms with E-state index in [0.717, 1.165) is 0 Å². The van der Waals surface area contributed by atoms with Gasteiger partial charge < -0.3 is 10.8 Å². The topological polar surface area (TPSA) is 46.2 Å². The highest BCUT2D eigenvalue weighted by atomic mass is 35.5. The third-order valence-electron chi connectivity index (χ3n) is 1.10. The van der Waals surface area contributed by atoms with Crippen LogP contribution in [0.1, 0.15) is 6.42 Å². The van der Waals surface area contributed by atoms with Gasteiger partial charge in [-0.3, -0.25) is 0 Å². The molecule has 0 spiro atoms. The van der Waals surface area contributed by atoms with Crippen LogP contribution >= 0.6 is 11.6 Å². The Morgan fingerprint density at radius 2 is 2.44 bits per heavy atom. The van der Waals surface area contributed by atoms with Crippen LogP contribution in [0, 0.1) is 0 Å². The highest BCUT2D eigenvalue weighted by Gasteiger charge is 2.20. The second-order valence-corrected chi connectivity index (χ2v) is 2.72. The molecule has 0 aromatic heterocycles. The standard InChI is InChI=1S/C6H8ClNO/c7-6(9)3-1-2-5(8)4-6/h1-2,4,9H,3,8H2. The molecule has 0 heterocycles. The van der Waals surface area contributed by atoms with Gasteiger partial charge in [0, 0.05) is 12.1 Å². The summed E-state index contributed by atoms with van der Waals surface area (Å²) in [4.78, 5) is 0. The first kappa shape index (κ1) is 6.65. The van der Waals surface area contributed by atoms with Crippen molar-refractivity contribution in [3.05, 3.63) is 23.9 Å². The minimum Gasteiger partial charge on any atom is -0.399 e. The molecule has 0 amide bonds. The fourth-order valence-corrected chi connectivity index (χ4v) is 0.938. The summed E-state index contributed by atoms with van der Waals surface area (Å²) in [7, 11) is 0. The van der Waals surface area contributed by atoms with Crippen molar-refractivity contribution in [2.45, 2.75) is 11.5 Å². The second kappa shape index (κ2) is 2.05. The molecule has 1 atom stereocenters. The zero-order valence-corrected chi connectivity index (χ0v) is 5.60. The third-order valence-corrected chi connectivity index (χ3v) is 1.37. The van der Waals surface area contributed by atoms with E-state index >= 15 is 0 Å². The number of nitrogens with two attached hydrogens (primary N) is 1.